The lowest BCUT2D eigenvalue weighted by Crippen LogP contribution is -2.10. The fraction of sp³-hybridized carbons (Fsp3) is 0.667. The lowest BCUT2D eigenvalue weighted by molar-refractivity contribution is -0.138. The van der Waals surface area contributed by atoms with Gasteiger partial charge in [0.05, 0.1) is 12.5 Å². The van der Waals surface area contributed by atoms with Crippen LogP contribution in [0.2, 0.25) is 0 Å². The number of aliphatic hydroxyl groups excluding tert-OH is 1. The number of carbonyl (C=O) groups is 1. The molecule has 0 radical (unpaired) electrons. The zero-order chi connectivity index (χ0) is 7.98. The standard InChI is InChI=1S/C6H9NO3/c7-2-1-5(4-8)3-6(9)10/h5,8H,1,3-4H2,(H,9,10)/t5-/m1/s1. The van der Waals surface area contributed by atoms with Crippen molar-refractivity contribution in [2.45, 2.75) is 12.8 Å². The Morgan fingerprint density at radius 1 is 1.70 bits per heavy atom. The summed E-state index contributed by atoms with van der Waals surface area (Å²) in [5, 5.41) is 24.8. The molecular formula is C6H9NO3. The van der Waals surface area contributed by atoms with E-state index < -0.39 is 11.9 Å². The Morgan fingerprint density at radius 2 is 2.30 bits per heavy atom. The molecule has 0 bridgehead atoms. The molecule has 56 valence electrons. The van der Waals surface area contributed by atoms with Gasteiger partial charge >= 0.3 is 5.97 Å². The maximum atomic E-state index is 10.0. The van der Waals surface area contributed by atoms with Crippen LogP contribution in [0.25, 0.3) is 0 Å². The number of hydrogen-bond donors (Lipinski definition) is 2. The molecule has 0 aromatic heterocycles. The average molecular weight is 143 g/mol. The zero-order valence-corrected chi connectivity index (χ0v) is 5.45. The van der Waals surface area contributed by atoms with E-state index in [2.05, 4.69) is 0 Å². The van der Waals surface area contributed by atoms with Crippen molar-refractivity contribution in [3.63, 3.8) is 0 Å². The number of carboxylic acids is 1. The number of rotatable bonds is 4. The molecule has 0 saturated heterocycles. The van der Waals surface area contributed by atoms with Crippen LogP contribution >= 0.6 is 0 Å². The van der Waals surface area contributed by atoms with Crippen molar-refractivity contribution < 1.29 is 15.0 Å². The predicted octanol–water partition coefficient (Wildman–Crippen LogP) is -0.0167. The van der Waals surface area contributed by atoms with Crippen LogP contribution in [0, 0.1) is 17.2 Å². The molecule has 0 aromatic rings. The molecule has 0 aliphatic rings. The molecule has 4 nitrogen and oxygen atoms in total. The highest BCUT2D eigenvalue weighted by Crippen LogP contribution is 2.05. The normalized spacial score (nSPS) is 12.0. The molecule has 1 atom stereocenters. The van der Waals surface area contributed by atoms with Crippen molar-refractivity contribution in [2.75, 3.05) is 6.61 Å². The monoisotopic (exact) mass is 143 g/mol. The number of aliphatic carboxylic acids is 1. The first-order valence-electron chi connectivity index (χ1n) is 2.90. The minimum atomic E-state index is -0.977. The van der Waals surface area contributed by atoms with Crippen molar-refractivity contribution in [2.24, 2.45) is 5.92 Å². The summed E-state index contributed by atoms with van der Waals surface area (Å²) in [5.74, 6) is -1.39. The highest BCUT2D eigenvalue weighted by atomic mass is 16.4. The fourth-order valence-corrected chi connectivity index (χ4v) is 0.577. The second-order valence-corrected chi connectivity index (χ2v) is 2.01. The highest BCUT2D eigenvalue weighted by molar-refractivity contribution is 5.67. The van der Waals surface area contributed by atoms with Crippen molar-refractivity contribution in [1.29, 1.82) is 5.26 Å². The van der Waals surface area contributed by atoms with E-state index in [0.717, 1.165) is 0 Å². The van der Waals surface area contributed by atoms with Crippen molar-refractivity contribution in [1.82, 2.24) is 0 Å². The van der Waals surface area contributed by atoms with E-state index in [0.29, 0.717) is 0 Å². The second kappa shape index (κ2) is 4.77. The Labute approximate surface area is 58.7 Å². The first-order valence-corrected chi connectivity index (χ1v) is 2.90. The summed E-state index contributed by atoms with van der Waals surface area (Å²) in [6.07, 6.45) is -0.0349. The quantitative estimate of drug-likeness (QED) is 0.579. The van der Waals surface area contributed by atoms with E-state index in [1.54, 1.807) is 6.07 Å². The van der Waals surface area contributed by atoms with E-state index in [1.807, 2.05) is 0 Å². The molecule has 0 amide bonds. The third-order valence-electron chi connectivity index (χ3n) is 1.10. The molecule has 10 heavy (non-hydrogen) atoms. The zero-order valence-electron chi connectivity index (χ0n) is 5.45. The molecule has 0 unspecified atom stereocenters. The summed E-state index contributed by atoms with van der Waals surface area (Å²) in [4.78, 5) is 10.0. The lowest BCUT2D eigenvalue weighted by atomic mass is 10.0. The van der Waals surface area contributed by atoms with Crippen LogP contribution in [0.5, 0.6) is 0 Å². The van der Waals surface area contributed by atoms with Gasteiger partial charge in [-0.3, -0.25) is 4.79 Å². The molecule has 0 aromatic carbocycles. The molecule has 0 rings (SSSR count). The van der Waals surface area contributed by atoms with E-state index in [9.17, 15) is 4.79 Å². The van der Waals surface area contributed by atoms with Crippen LogP contribution in [0.3, 0.4) is 0 Å². The molecule has 4 heteroatoms. The summed E-state index contributed by atoms with van der Waals surface area (Å²) in [5.41, 5.74) is 0. The molecule has 0 fully saturated rings. The number of nitriles is 1. The van der Waals surface area contributed by atoms with Gasteiger partial charge in [-0.15, -0.1) is 0 Å². The SMILES string of the molecule is N#CC[C@@H](CO)CC(=O)O. The molecule has 0 aliphatic heterocycles. The van der Waals surface area contributed by atoms with Gasteiger partial charge in [0.25, 0.3) is 0 Å². The van der Waals surface area contributed by atoms with E-state index >= 15 is 0 Å². The maximum Gasteiger partial charge on any atom is 0.303 e. The van der Waals surface area contributed by atoms with Crippen LogP contribution in [-0.2, 0) is 4.79 Å². The van der Waals surface area contributed by atoms with Gasteiger partial charge in [-0.1, -0.05) is 0 Å². The van der Waals surface area contributed by atoms with Gasteiger partial charge < -0.3 is 10.2 Å². The third-order valence-corrected chi connectivity index (χ3v) is 1.10. The molecular weight excluding hydrogens is 134 g/mol. The summed E-state index contributed by atoms with van der Waals surface area (Å²) >= 11 is 0. The van der Waals surface area contributed by atoms with Gasteiger partial charge in [0, 0.05) is 18.9 Å². The minimum absolute atomic E-state index is 0.100. The minimum Gasteiger partial charge on any atom is -0.481 e. The largest absolute Gasteiger partial charge is 0.481 e. The van der Waals surface area contributed by atoms with Crippen molar-refractivity contribution in [3.8, 4) is 6.07 Å². The van der Waals surface area contributed by atoms with E-state index in [1.165, 1.54) is 0 Å². The van der Waals surface area contributed by atoms with Gasteiger partial charge in [0.2, 0.25) is 0 Å². The first kappa shape index (κ1) is 8.92. The van der Waals surface area contributed by atoms with Gasteiger partial charge in [-0.2, -0.15) is 5.26 Å². The number of carboxylic acid groups (broad SMARTS) is 1. The van der Waals surface area contributed by atoms with E-state index in [-0.39, 0.29) is 19.4 Å². The van der Waals surface area contributed by atoms with Crippen LogP contribution in [-0.4, -0.2) is 22.8 Å². The van der Waals surface area contributed by atoms with Crippen LogP contribution < -0.4 is 0 Å². The van der Waals surface area contributed by atoms with Gasteiger partial charge in [-0.25, -0.2) is 0 Å². The van der Waals surface area contributed by atoms with Crippen molar-refractivity contribution in [3.05, 3.63) is 0 Å². The Kier molecular flexibility index (Phi) is 4.25. The summed E-state index contributed by atoms with van der Waals surface area (Å²) in [6, 6.07) is 1.80. The van der Waals surface area contributed by atoms with Crippen molar-refractivity contribution >= 4 is 5.97 Å². The predicted molar refractivity (Wildman–Crippen MR) is 33.1 cm³/mol. The second-order valence-electron chi connectivity index (χ2n) is 2.01. The Bertz CT molecular complexity index is 150. The number of hydrogen-bond acceptors (Lipinski definition) is 3. The van der Waals surface area contributed by atoms with Gasteiger partial charge in [0.1, 0.15) is 0 Å². The summed E-state index contributed by atoms with van der Waals surface area (Å²) in [7, 11) is 0. The maximum absolute atomic E-state index is 10.0. The Morgan fingerprint density at radius 3 is 2.60 bits per heavy atom. The number of aliphatic hydroxyl groups is 1. The number of nitrogens with zero attached hydrogens (tertiary/aromatic N) is 1. The smallest absolute Gasteiger partial charge is 0.303 e. The van der Waals surface area contributed by atoms with Gasteiger partial charge in [0.15, 0.2) is 0 Å². The molecule has 0 aliphatic carbocycles. The molecule has 2 N–H and O–H groups in total. The van der Waals surface area contributed by atoms with Crippen LogP contribution in [0.4, 0.5) is 0 Å². The first-order chi connectivity index (χ1) is 4.70. The van der Waals surface area contributed by atoms with Gasteiger partial charge in [-0.05, 0) is 0 Å². The highest BCUT2D eigenvalue weighted by Gasteiger charge is 2.10. The molecule has 0 heterocycles. The third kappa shape index (κ3) is 3.87. The van der Waals surface area contributed by atoms with Crippen LogP contribution in [0.15, 0.2) is 0 Å². The average Bonchev–Trinajstić information content (AvgIpc) is 1.86. The van der Waals surface area contributed by atoms with Crippen LogP contribution in [0.1, 0.15) is 12.8 Å². The Balaban J connectivity index is 3.62. The van der Waals surface area contributed by atoms with E-state index in [4.69, 9.17) is 15.5 Å². The lowest BCUT2D eigenvalue weighted by Gasteiger charge is -2.04. The Hall–Kier alpha value is -1.08. The molecule has 0 saturated carbocycles. The summed E-state index contributed by atoms with van der Waals surface area (Å²) in [6.45, 7) is -0.236. The topological polar surface area (TPSA) is 81.3 Å². The summed E-state index contributed by atoms with van der Waals surface area (Å²) < 4.78 is 0. The molecule has 0 spiro atoms. The fourth-order valence-electron chi connectivity index (χ4n) is 0.577.